The molecule has 1 aliphatic carbocycles. The Morgan fingerprint density at radius 1 is 0.582 bits per heavy atom. The monoisotopic (exact) mass is 721 g/mol. The first-order valence-electron chi connectivity index (χ1n) is 19.1. The average Bonchev–Trinajstić information content (AvgIpc) is 3.76. The molecule has 0 aliphatic heterocycles. The minimum absolute atomic E-state index is 0.0851. The summed E-state index contributed by atoms with van der Waals surface area (Å²) in [6.45, 7) is 4.62. The zero-order valence-electron chi connectivity index (χ0n) is 30.9. The molecule has 0 saturated heterocycles. The summed E-state index contributed by atoms with van der Waals surface area (Å²) in [6, 6.07) is 62.9. The highest BCUT2D eigenvalue weighted by molar-refractivity contribution is 7.25. The van der Waals surface area contributed by atoms with Gasteiger partial charge in [-0.2, -0.15) is 0 Å². The molecular formula is C53H39NS. The van der Waals surface area contributed by atoms with Crippen molar-refractivity contribution in [1.82, 2.24) is 4.98 Å². The van der Waals surface area contributed by atoms with Crippen molar-refractivity contribution in [3.05, 3.63) is 221 Å². The van der Waals surface area contributed by atoms with Gasteiger partial charge in [0.05, 0.1) is 0 Å². The molecule has 2 heteroatoms. The predicted molar refractivity (Wildman–Crippen MR) is 235 cm³/mol. The molecule has 0 bridgehead atoms. The van der Waals surface area contributed by atoms with E-state index >= 15 is 0 Å². The van der Waals surface area contributed by atoms with E-state index in [1.165, 1.54) is 92.5 Å². The number of pyridine rings is 1. The van der Waals surface area contributed by atoms with E-state index in [2.05, 4.69) is 189 Å². The molecule has 7 aromatic carbocycles. The van der Waals surface area contributed by atoms with E-state index < -0.39 is 0 Å². The van der Waals surface area contributed by atoms with Crippen LogP contribution in [0.5, 0.6) is 0 Å². The third-order valence-electron chi connectivity index (χ3n) is 11.5. The van der Waals surface area contributed by atoms with Crippen LogP contribution in [0.15, 0.2) is 182 Å². The zero-order valence-corrected chi connectivity index (χ0v) is 31.7. The summed E-state index contributed by atoms with van der Waals surface area (Å²) in [5.41, 5.74) is 18.1. The highest BCUT2D eigenvalue weighted by Crippen LogP contribution is 2.51. The van der Waals surface area contributed by atoms with Crippen molar-refractivity contribution < 1.29 is 0 Å². The normalized spacial score (nSPS) is 14.2. The van der Waals surface area contributed by atoms with Gasteiger partial charge in [0.1, 0.15) is 0 Å². The van der Waals surface area contributed by atoms with Gasteiger partial charge in [-0.05, 0) is 109 Å². The minimum atomic E-state index is 0.0851. The highest BCUT2D eigenvalue weighted by Gasteiger charge is 2.32. The largest absolute Gasteiger partial charge is 0.264 e. The number of thiophene rings is 1. The second kappa shape index (κ2) is 13.8. The zero-order chi connectivity index (χ0) is 36.9. The van der Waals surface area contributed by atoms with Crippen LogP contribution < -0.4 is 0 Å². The Morgan fingerprint density at radius 3 is 2.11 bits per heavy atom. The first kappa shape index (κ1) is 33.2. The number of rotatable bonds is 7. The van der Waals surface area contributed by atoms with Crippen LogP contribution in [0.1, 0.15) is 64.6 Å². The van der Waals surface area contributed by atoms with Crippen molar-refractivity contribution in [3.63, 3.8) is 0 Å². The lowest BCUT2D eigenvalue weighted by molar-refractivity contribution is 0.889. The molecule has 0 N–H and O–H groups in total. The Kier molecular flexibility index (Phi) is 8.35. The lowest BCUT2D eigenvalue weighted by Crippen LogP contribution is -2.08. The number of fused-ring (bicyclic) bond motifs is 6. The van der Waals surface area contributed by atoms with Gasteiger partial charge in [0.15, 0.2) is 0 Å². The van der Waals surface area contributed by atoms with Gasteiger partial charge in [-0.3, -0.25) is 4.98 Å². The van der Waals surface area contributed by atoms with Crippen molar-refractivity contribution in [2.75, 3.05) is 0 Å². The second-order valence-corrected chi connectivity index (χ2v) is 15.9. The molecule has 1 aliphatic rings. The minimum Gasteiger partial charge on any atom is -0.264 e. The van der Waals surface area contributed by atoms with Crippen molar-refractivity contribution in [1.29, 1.82) is 0 Å². The Morgan fingerprint density at radius 2 is 1.29 bits per heavy atom. The number of allylic oxidation sites excluding steroid dienone is 1. The van der Waals surface area contributed by atoms with Crippen LogP contribution in [-0.2, 0) is 0 Å². The summed E-state index contributed by atoms with van der Waals surface area (Å²) in [5, 5.41) is 2.67. The molecule has 2 atom stereocenters. The maximum atomic E-state index is 4.29. The fourth-order valence-electron chi connectivity index (χ4n) is 8.73. The highest BCUT2D eigenvalue weighted by atomic mass is 32.1. The summed E-state index contributed by atoms with van der Waals surface area (Å²) >= 11 is 1.90. The fraction of sp³-hybridized carbons (Fsp3) is 0.0755. The van der Waals surface area contributed by atoms with Crippen LogP contribution in [0.25, 0.3) is 65.2 Å². The molecule has 2 aromatic heterocycles. The van der Waals surface area contributed by atoms with Crippen molar-refractivity contribution >= 4 is 43.2 Å². The van der Waals surface area contributed by atoms with E-state index in [0.717, 1.165) is 5.56 Å². The van der Waals surface area contributed by atoms with Crippen LogP contribution in [0.3, 0.4) is 0 Å². The molecule has 0 saturated carbocycles. The van der Waals surface area contributed by atoms with Gasteiger partial charge in [0.25, 0.3) is 0 Å². The molecule has 2 heterocycles. The second-order valence-electron chi connectivity index (χ2n) is 14.8. The Balaban J connectivity index is 1.06. The summed E-state index contributed by atoms with van der Waals surface area (Å²) in [6.07, 6.45) is 6.03. The first-order valence-corrected chi connectivity index (χ1v) is 19.9. The maximum absolute atomic E-state index is 4.29. The number of nitrogens with zero attached hydrogens (tertiary/aromatic N) is 1. The van der Waals surface area contributed by atoms with Gasteiger partial charge in [0, 0.05) is 44.4 Å². The van der Waals surface area contributed by atoms with Crippen LogP contribution in [-0.4, -0.2) is 4.98 Å². The number of hydrogen-bond donors (Lipinski definition) is 0. The average molecular weight is 722 g/mol. The standard InChI is InChI=1S/C53H39NS/c1-34(30-36-17-19-39(20-18-36)43-12-9-29-54-33-43)41-25-27-44-35(2)52-47(49(44)31-41)14-8-15-48(52)53(40-23-21-38(22-24-40)37-10-4-3-5-11-37)42-26-28-46-45-13-6-7-16-50(45)55-51(46)32-42/h3-33,35,53H,1-2H3/b34-30-/t35-,53?/m1/s1. The topological polar surface area (TPSA) is 12.9 Å². The molecule has 0 radical (unpaired) electrons. The summed E-state index contributed by atoms with van der Waals surface area (Å²) in [4.78, 5) is 4.29. The van der Waals surface area contributed by atoms with Crippen LogP contribution in [0, 0.1) is 0 Å². The van der Waals surface area contributed by atoms with E-state index in [0.29, 0.717) is 0 Å². The SMILES string of the molecule is C/C(=C/c1ccc(-c2cccnc2)cc1)c1ccc2c(c1)-c1cccc(C(c3ccc(-c4ccccc4)cc3)c3ccc4c(c3)sc3ccccc34)c1[C@@H]2C. The molecule has 1 unspecified atom stereocenters. The summed E-state index contributed by atoms with van der Waals surface area (Å²) in [5.74, 6) is 0.362. The fourth-order valence-corrected chi connectivity index (χ4v) is 9.89. The number of aromatic nitrogens is 1. The first-order chi connectivity index (χ1) is 27.1. The van der Waals surface area contributed by atoms with Gasteiger partial charge in [-0.15, -0.1) is 11.3 Å². The molecule has 0 spiro atoms. The molecular weight excluding hydrogens is 683 g/mol. The van der Waals surface area contributed by atoms with E-state index in [4.69, 9.17) is 0 Å². The van der Waals surface area contributed by atoms with E-state index in [-0.39, 0.29) is 11.8 Å². The molecule has 0 fully saturated rings. The Bertz CT molecular complexity index is 2860. The van der Waals surface area contributed by atoms with Gasteiger partial charge < -0.3 is 0 Å². The maximum Gasteiger partial charge on any atom is 0.0358 e. The number of benzene rings is 7. The Labute approximate surface area is 326 Å². The Hall–Kier alpha value is -6.35. The third-order valence-corrected chi connectivity index (χ3v) is 12.7. The van der Waals surface area contributed by atoms with Crippen LogP contribution in [0.4, 0.5) is 0 Å². The molecule has 9 aromatic rings. The van der Waals surface area contributed by atoms with Gasteiger partial charge in [-0.1, -0.05) is 159 Å². The lowest BCUT2D eigenvalue weighted by atomic mass is 9.79. The molecule has 262 valence electrons. The summed E-state index contributed by atoms with van der Waals surface area (Å²) in [7, 11) is 0. The van der Waals surface area contributed by atoms with Crippen molar-refractivity contribution in [3.8, 4) is 33.4 Å². The van der Waals surface area contributed by atoms with E-state index in [1.807, 2.05) is 29.8 Å². The molecule has 0 amide bonds. The number of hydrogen-bond acceptors (Lipinski definition) is 2. The van der Waals surface area contributed by atoms with Crippen molar-refractivity contribution in [2.45, 2.75) is 25.7 Å². The van der Waals surface area contributed by atoms with Gasteiger partial charge >= 0.3 is 0 Å². The smallest absolute Gasteiger partial charge is 0.0358 e. The predicted octanol–water partition coefficient (Wildman–Crippen LogP) is 14.7. The van der Waals surface area contributed by atoms with E-state index in [9.17, 15) is 0 Å². The molecule has 1 nitrogen and oxygen atoms in total. The lowest BCUT2D eigenvalue weighted by Gasteiger charge is -2.24. The molecule has 55 heavy (non-hydrogen) atoms. The third kappa shape index (κ3) is 6.00. The summed E-state index contributed by atoms with van der Waals surface area (Å²) < 4.78 is 2.68. The van der Waals surface area contributed by atoms with Crippen LogP contribution >= 0.6 is 11.3 Å². The van der Waals surface area contributed by atoms with Gasteiger partial charge in [0.2, 0.25) is 0 Å². The quantitative estimate of drug-likeness (QED) is 0.118. The van der Waals surface area contributed by atoms with Crippen molar-refractivity contribution in [2.24, 2.45) is 0 Å². The van der Waals surface area contributed by atoms with Crippen LogP contribution in [0.2, 0.25) is 0 Å². The van der Waals surface area contributed by atoms with E-state index in [1.54, 1.807) is 0 Å². The van der Waals surface area contributed by atoms with Gasteiger partial charge in [-0.25, -0.2) is 0 Å². The molecule has 10 rings (SSSR count).